The van der Waals surface area contributed by atoms with Gasteiger partial charge in [0.05, 0.1) is 5.92 Å². The van der Waals surface area contributed by atoms with E-state index in [1.807, 2.05) is 0 Å². The molecule has 17 heavy (non-hydrogen) atoms. The van der Waals surface area contributed by atoms with Crippen molar-refractivity contribution in [3.63, 3.8) is 0 Å². The van der Waals surface area contributed by atoms with Gasteiger partial charge in [-0.2, -0.15) is 4.98 Å². The van der Waals surface area contributed by atoms with Crippen molar-refractivity contribution in [1.82, 2.24) is 9.97 Å². The van der Waals surface area contributed by atoms with Gasteiger partial charge in [-0.3, -0.25) is 4.79 Å². The number of nitrogens with two attached hydrogens (primary N) is 1. The van der Waals surface area contributed by atoms with Crippen LogP contribution in [0, 0.1) is 5.92 Å². The molecule has 1 saturated carbocycles. The Hall–Kier alpha value is -1.85. The molecule has 0 amide bonds. The van der Waals surface area contributed by atoms with Crippen molar-refractivity contribution >= 4 is 11.9 Å². The first-order chi connectivity index (χ1) is 8.15. The molecule has 0 bridgehead atoms. The standard InChI is InChI=1S/C11H15N3O3/c12-11-13-6-5-9(14-11)17-8-3-1-7(2-4-8)10(15)16/h5-8H,1-4H2,(H,15,16)(H2,12,13,14)/t7-,8+. The first kappa shape index (κ1) is 11.6. The predicted octanol–water partition coefficient (Wildman–Crippen LogP) is 1.08. The van der Waals surface area contributed by atoms with E-state index in [0.29, 0.717) is 18.7 Å². The highest BCUT2D eigenvalue weighted by molar-refractivity contribution is 5.70. The summed E-state index contributed by atoms with van der Waals surface area (Å²) in [6.07, 6.45) is 4.35. The second-order valence-corrected chi connectivity index (χ2v) is 4.18. The van der Waals surface area contributed by atoms with Crippen LogP contribution in [0.1, 0.15) is 25.7 Å². The normalized spacial score (nSPS) is 24.2. The maximum absolute atomic E-state index is 10.8. The molecular formula is C11H15N3O3. The summed E-state index contributed by atoms with van der Waals surface area (Å²) >= 11 is 0. The van der Waals surface area contributed by atoms with E-state index in [0.717, 1.165) is 12.8 Å². The van der Waals surface area contributed by atoms with Gasteiger partial charge < -0.3 is 15.6 Å². The van der Waals surface area contributed by atoms with E-state index in [4.69, 9.17) is 15.6 Å². The minimum atomic E-state index is -0.713. The average Bonchev–Trinajstić information content (AvgIpc) is 2.29. The Labute approximate surface area is 98.8 Å². The lowest BCUT2D eigenvalue weighted by atomic mass is 9.87. The number of carboxylic acids is 1. The van der Waals surface area contributed by atoms with Crippen LogP contribution in [0.25, 0.3) is 0 Å². The summed E-state index contributed by atoms with van der Waals surface area (Å²) in [6, 6.07) is 1.65. The maximum Gasteiger partial charge on any atom is 0.306 e. The van der Waals surface area contributed by atoms with Gasteiger partial charge in [-0.15, -0.1) is 0 Å². The minimum Gasteiger partial charge on any atom is -0.481 e. The fraction of sp³-hybridized carbons (Fsp3) is 0.545. The fourth-order valence-corrected chi connectivity index (χ4v) is 2.02. The SMILES string of the molecule is Nc1nccc(O[C@H]2CC[C@@H](C(=O)O)CC2)n1. The lowest BCUT2D eigenvalue weighted by Gasteiger charge is -2.26. The molecule has 1 fully saturated rings. The summed E-state index contributed by atoms with van der Waals surface area (Å²) in [6.45, 7) is 0. The number of nitrogen functional groups attached to an aromatic ring is 1. The highest BCUT2D eigenvalue weighted by Crippen LogP contribution is 2.27. The Morgan fingerprint density at radius 1 is 1.41 bits per heavy atom. The van der Waals surface area contributed by atoms with E-state index in [1.54, 1.807) is 12.3 Å². The van der Waals surface area contributed by atoms with Gasteiger partial charge in [0, 0.05) is 12.3 Å². The molecule has 0 spiro atoms. The summed E-state index contributed by atoms with van der Waals surface area (Å²) in [5.41, 5.74) is 5.45. The average molecular weight is 237 g/mol. The van der Waals surface area contributed by atoms with Crippen LogP contribution in [0.15, 0.2) is 12.3 Å². The number of hydrogen-bond acceptors (Lipinski definition) is 5. The predicted molar refractivity (Wildman–Crippen MR) is 60.5 cm³/mol. The number of hydrogen-bond donors (Lipinski definition) is 2. The molecule has 0 atom stereocenters. The second-order valence-electron chi connectivity index (χ2n) is 4.18. The number of aromatic nitrogens is 2. The molecule has 0 unspecified atom stereocenters. The summed E-state index contributed by atoms with van der Waals surface area (Å²) in [5, 5.41) is 8.87. The zero-order chi connectivity index (χ0) is 12.3. The summed E-state index contributed by atoms with van der Waals surface area (Å²) < 4.78 is 5.64. The molecule has 92 valence electrons. The van der Waals surface area contributed by atoms with Crippen LogP contribution in [0.4, 0.5) is 5.95 Å². The van der Waals surface area contributed by atoms with Crippen LogP contribution >= 0.6 is 0 Å². The lowest BCUT2D eigenvalue weighted by molar-refractivity contribution is -0.143. The van der Waals surface area contributed by atoms with Crippen LogP contribution in [0.3, 0.4) is 0 Å². The largest absolute Gasteiger partial charge is 0.481 e. The van der Waals surface area contributed by atoms with Crippen molar-refractivity contribution in [2.45, 2.75) is 31.8 Å². The minimum absolute atomic E-state index is 0.0277. The Balaban J connectivity index is 1.88. The van der Waals surface area contributed by atoms with E-state index in [2.05, 4.69) is 9.97 Å². The van der Waals surface area contributed by atoms with Crippen LogP contribution in [-0.4, -0.2) is 27.1 Å². The topological polar surface area (TPSA) is 98.3 Å². The van der Waals surface area contributed by atoms with E-state index >= 15 is 0 Å². The Bertz CT molecular complexity index is 403. The fourth-order valence-electron chi connectivity index (χ4n) is 2.02. The molecular weight excluding hydrogens is 222 g/mol. The molecule has 0 saturated heterocycles. The lowest BCUT2D eigenvalue weighted by Crippen LogP contribution is -2.28. The van der Waals surface area contributed by atoms with E-state index in [1.165, 1.54) is 0 Å². The third-order valence-corrected chi connectivity index (χ3v) is 2.96. The first-order valence-electron chi connectivity index (χ1n) is 5.63. The van der Waals surface area contributed by atoms with Crippen molar-refractivity contribution in [2.75, 3.05) is 5.73 Å². The van der Waals surface area contributed by atoms with Gasteiger partial charge in [0.2, 0.25) is 11.8 Å². The highest BCUT2D eigenvalue weighted by atomic mass is 16.5. The zero-order valence-corrected chi connectivity index (χ0v) is 9.37. The highest BCUT2D eigenvalue weighted by Gasteiger charge is 2.27. The molecule has 6 heteroatoms. The van der Waals surface area contributed by atoms with Crippen molar-refractivity contribution in [3.8, 4) is 5.88 Å². The molecule has 1 aromatic rings. The van der Waals surface area contributed by atoms with E-state index < -0.39 is 5.97 Å². The summed E-state index contributed by atoms with van der Waals surface area (Å²) in [4.78, 5) is 18.5. The maximum atomic E-state index is 10.8. The van der Waals surface area contributed by atoms with Gasteiger partial charge in [-0.25, -0.2) is 4.98 Å². The molecule has 1 aromatic heterocycles. The van der Waals surface area contributed by atoms with Crippen molar-refractivity contribution in [3.05, 3.63) is 12.3 Å². The zero-order valence-electron chi connectivity index (χ0n) is 9.37. The Morgan fingerprint density at radius 2 is 2.12 bits per heavy atom. The third kappa shape index (κ3) is 3.05. The molecule has 0 aromatic carbocycles. The monoisotopic (exact) mass is 237 g/mol. The molecule has 1 heterocycles. The van der Waals surface area contributed by atoms with Crippen molar-refractivity contribution in [2.24, 2.45) is 5.92 Å². The summed E-state index contributed by atoms with van der Waals surface area (Å²) in [7, 11) is 0. The molecule has 6 nitrogen and oxygen atoms in total. The molecule has 1 aliphatic rings. The Morgan fingerprint density at radius 3 is 2.71 bits per heavy atom. The number of anilines is 1. The molecule has 3 N–H and O–H groups in total. The van der Waals surface area contributed by atoms with Gasteiger partial charge in [0.15, 0.2) is 0 Å². The quantitative estimate of drug-likeness (QED) is 0.816. The number of nitrogens with zero attached hydrogens (tertiary/aromatic N) is 2. The van der Waals surface area contributed by atoms with Gasteiger partial charge >= 0.3 is 5.97 Å². The van der Waals surface area contributed by atoms with E-state index in [-0.39, 0.29) is 18.0 Å². The van der Waals surface area contributed by atoms with Crippen LogP contribution in [0.5, 0.6) is 5.88 Å². The number of carboxylic acid groups (broad SMARTS) is 1. The number of aliphatic carboxylic acids is 1. The molecule has 0 aliphatic heterocycles. The number of ether oxygens (including phenoxy) is 1. The second kappa shape index (κ2) is 4.99. The van der Waals surface area contributed by atoms with E-state index in [9.17, 15) is 4.79 Å². The van der Waals surface area contributed by atoms with Crippen molar-refractivity contribution in [1.29, 1.82) is 0 Å². The Kier molecular flexibility index (Phi) is 3.41. The molecule has 0 radical (unpaired) electrons. The van der Waals surface area contributed by atoms with Crippen LogP contribution in [0.2, 0.25) is 0 Å². The van der Waals surface area contributed by atoms with Gasteiger partial charge in [0.1, 0.15) is 6.10 Å². The first-order valence-corrected chi connectivity index (χ1v) is 5.63. The third-order valence-electron chi connectivity index (χ3n) is 2.96. The van der Waals surface area contributed by atoms with Gasteiger partial charge in [-0.1, -0.05) is 0 Å². The number of rotatable bonds is 3. The molecule has 1 aliphatic carbocycles. The smallest absolute Gasteiger partial charge is 0.306 e. The summed E-state index contributed by atoms with van der Waals surface area (Å²) in [5.74, 6) is -0.307. The van der Waals surface area contributed by atoms with Crippen molar-refractivity contribution < 1.29 is 14.6 Å². The van der Waals surface area contributed by atoms with Crippen LogP contribution in [-0.2, 0) is 4.79 Å². The molecule has 2 rings (SSSR count). The number of carbonyl (C=O) groups is 1. The van der Waals surface area contributed by atoms with Crippen LogP contribution < -0.4 is 10.5 Å². The van der Waals surface area contributed by atoms with Gasteiger partial charge in [-0.05, 0) is 25.7 Å². The van der Waals surface area contributed by atoms with Gasteiger partial charge in [0.25, 0.3) is 0 Å².